The Labute approximate surface area is 180 Å². The molecule has 0 aliphatic rings. The van der Waals surface area contributed by atoms with Gasteiger partial charge in [0.1, 0.15) is 0 Å². The molecule has 0 fully saturated rings. The smallest absolute Gasteiger partial charge is 0.221 e. The van der Waals surface area contributed by atoms with E-state index >= 15 is 0 Å². The number of azo groups is 1. The van der Waals surface area contributed by atoms with Crippen molar-refractivity contribution >= 4 is 39.6 Å². The molecular formula is C24H22N4OS. The summed E-state index contributed by atoms with van der Waals surface area (Å²) < 4.78 is 1.83. The van der Waals surface area contributed by atoms with Crippen LogP contribution in [-0.2, 0) is 6.54 Å². The van der Waals surface area contributed by atoms with E-state index in [4.69, 9.17) is 12.2 Å². The maximum atomic E-state index is 10.9. The van der Waals surface area contributed by atoms with Crippen molar-refractivity contribution < 1.29 is 5.11 Å². The third-order valence-corrected chi connectivity index (χ3v) is 5.28. The molecule has 4 rings (SSSR count). The molecule has 4 aromatic rings. The molecule has 0 bridgehead atoms. The van der Waals surface area contributed by atoms with Gasteiger partial charge in [0, 0.05) is 11.1 Å². The van der Waals surface area contributed by atoms with Crippen LogP contribution in [0.25, 0.3) is 10.9 Å². The third-order valence-electron chi connectivity index (χ3n) is 5.10. The fraction of sp³-hybridized carbons (Fsp3) is 0.125. The summed E-state index contributed by atoms with van der Waals surface area (Å²) in [5, 5.41) is 23.5. The summed E-state index contributed by atoms with van der Waals surface area (Å²) in [5.41, 5.74) is 5.62. The van der Waals surface area contributed by atoms with E-state index < -0.39 is 0 Å². The average Bonchev–Trinajstić information content (AvgIpc) is 3.01. The maximum absolute atomic E-state index is 10.9. The van der Waals surface area contributed by atoms with E-state index in [9.17, 15) is 5.11 Å². The van der Waals surface area contributed by atoms with E-state index in [0.29, 0.717) is 12.2 Å². The first-order chi connectivity index (χ1) is 14.5. The Morgan fingerprint density at radius 1 is 0.967 bits per heavy atom. The van der Waals surface area contributed by atoms with Crippen molar-refractivity contribution in [3.8, 4) is 5.88 Å². The Bertz CT molecular complexity index is 1250. The lowest BCUT2D eigenvalue weighted by atomic mass is 10.1. The first-order valence-electron chi connectivity index (χ1n) is 9.67. The second kappa shape index (κ2) is 8.47. The zero-order valence-corrected chi connectivity index (χ0v) is 17.6. The number of hydrogen-bond donors (Lipinski definition) is 2. The molecule has 0 aliphatic heterocycles. The monoisotopic (exact) mass is 414 g/mol. The summed E-state index contributed by atoms with van der Waals surface area (Å²) in [6.45, 7) is 4.64. The van der Waals surface area contributed by atoms with Crippen LogP contribution in [0.4, 0.5) is 11.4 Å². The van der Waals surface area contributed by atoms with E-state index in [-0.39, 0.29) is 11.0 Å². The quantitative estimate of drug-likeness (QED) is 0.296. The van der Waals surface area contributed by atoms with Crippen molar-refractivity contribution in [3.63, 3.8) is 0 Å². The molecular weight excluding hydrogens is 392 g/mol. The Balaban J connectivity index is 1.63. The summed E-state index contributed by atoms with van der Waals surface area (Å²) in [6, 6.07) is 23.7. The van der Waals surface area contributed by atoms with Crippen LogP contribution in [0.15, 0.2) is 83.0 Å². The first-order valence-corrected chi connectivity index (χ1v) is 10.1. The van der Waals surface area contributed by atoms with Gasteiger partial charge in [-0.15, -0.1) is 10.2 Å². The highest BCUT2D eigenvalue weighted by Gasteiger charge is 2.16. The van der Waals surface area contributed by atoms with Gasteiger partial charge in [0.2, 0.25) is 11.0 Å². The normalized spacial score (nSPS) is 11.3. The van der Waals surface area contributed by atoms with Gasteiger partial charge >= 0.3 is 0 Å². The van der Waals surface area contributed by atoms with Crippen LogP contribution in [0, 0.1) is 13.8 Å². The van der Waals surface area contributed by atoms with Gasteiger partial charge in [-0.1, -0.05) is 54.6 Å². The second-order valence-corrected chi connectivity index (χ2v) is 7.58. The van der Waals surface area contributed by atoms with Crippen LogP contribution in [0.2, 0.25) is 0 Å². The predicted octanol–water partition coefficient (Wildman–Crippen LogP) is 6.49. The number of para-hydroxylation sites is 1. The molecule has 0 saturated carbocycles. The summed E-state index contributed by atoms with van der Waals surface area (Å²) in [5.74, 6) is 0.0674. The number of aryl methyl sites for hydroxylation is 2. The lowest BCUT2D eigenvalue weighted by Gasteiger charge is -2.07. The van der Waals surface area contributed by atoms with Crippen molar-refractivity contribution in [2.75, 3.05) is 5.32 Å². The molecule has 0 atom stereocenters. The molecule has 0 unspecified atom stereocenters. The topological polar surface area (TPSA) is 61.9 Å². The van der Waals surface area contributed by atoms with Gasteiger partial charge in [-0.05, 0) is 61.0 Å². The standard InChI is InChI=1S/C24H22N4OS/c1-16-12-13-19(14-17(16)2)25-24(30)27-26-22-20-10-6-7-11-21(20)28(23(22)29)15-18-8-4-3-5-9-18/h3-14,29H,15H2,1-2H3,(H,25,30). The highest BCUT2D eigenvalue weighted by molar-refractivity contribution is 7.80. The largest absolute Gasteiger partial charge is 0.493 e. The lowest BCUT2D eigenvalue weighted by molar-refractivity contribution is 0.429. The third kappa shape index (κ3) is 4.09. The molecule has 1 aromatic heterocycles. The molecule has 0 spiro atoms. The fourth-order valence-electron chi connectivity index (χ4n) is 3.36. The lowest BCUT2D eigenvalue weighted by Crippen LogP contribution is -2.05. The van der Waals surface area contributed by atoms with Gasteiger partial charge in [-0.25, -0.2) is 0 Å². The highest BCUT2D eigenvalue weighted by Crippen LogP contribution is 2.39. The van der Waals surface area contributed by atoms with Crippen molar-refractivity contribution in [1.82, 2.24) is 4.57 Å². The number of fused-ring (bicyclic) bond motifs is 1. The summed E-state index contributed by atoms with van der Waals surface area (Å²) in [6.07, 6.45) is 0. The zero-order valence-electron chi connectivity index (χ0n) is 16.8. The number of aromatic nitrogens is 1. The van der Waals surface area contributed by atoms with Gasteiger partial charge in [-0.3, -0.25) is 0 Å². The molecule has 0 amide bonds. The maximum Gasteiger partial charge on any atom is 0.221 e. The molecule has 6 heteroatoms. The highest BCUT2D eigenvalue weighted by atomic mass is 32.1. The van der Waals surface area contributed by atoms with Gasteiger partial charge in [0.25, 0.3) is 0 Å². The van der Waals surface area contributed by atoms with Crippen LogP contribution in [-0.4, -0.2) is 14.8 Å². The van der Waals surface area contributed by atoms with Crippen LogP contribution in [0.5, 0.6) is 5.88 Å². The number of thiocarbonyl (C=S) groups is 1. The van der Waals surface area contributed by atoms with Crippen LogP contribution >= 0.6 is 12.2 Å². The molecule has 3 aromatic carbocycles. The van der Waals surface area contributed by atoms with Crippen molar-refractivity contribution in [1.29, 1.82) is 0 Å². The average molecular weight is 415 g/mol. The molecule has 2 N–H and O–H groups in total. The van der Waals surface area contributed by atoms with E-state index in [0.717, 1.165) is 22.2 Å². The minimum atomic E-state index is 0.0674. The Morgan fingerprint density at radius 2 is 1.70 bits per heavy atom. The number of rotatable bonds is 4. The molecule has 0 aliphatic carbocycles. The van der Waals surface area contributed by atoms with E-state index in [2.05, 4.69) is 22.5 Å². The number of aromatic hydroxyl groups is 1. The second-order valence-electron chi connectivity index (χ2n) is 7.19. The molecule has 30 heavy (non-hydrogen) atoms. The van der Waals surface area contributed by atoms with Crippen LogP contribution in [0.3, 0.4) is 0 Å². The van der Waals surface area contributed by atoms with E-state index in [1.807, 2.05) is 84.3 Å². The Hall–Kier alpha value is -3.51. The Morgan fingerprint density at radius 3 is 2.47 bits per heavy atom. The summed E-state index contributed by atoms with van der Waals surface area (Å²) >= 11 is 5.33. The number of hydrogen-bond acceptors (Lipinski definition) is 3. The number of nitrogens with one attached hydrogen (secondary N) is 1. The van der Waals surface area contributed by atoms with Gasteiger partial charge in [0.15, 0.2) is 5.69 Å². The van der Waals surface area contributed by atoms with Crippen LogP contribution < -0.4 is 5.32 Å². The van der Waals surface area contributed by atoms with Gasteiger partial charge in [-0.2, -0.15) is 0 Å². The first kappa shape index (κ1) is 19.8. The predicted molar refractivity (Wildman–Crippen MR) is 126 cm³/mol. The minimum Gasteiger partial charge on any atom is -0.493 e. The van der Waals surface area contributed by atoms with E-state index in [1.54, 1.807) is 0 Å². The molecule has 1 heterocycles. The van der Waals surface area contributed by atoms with Gasteiger partial charge < -0.3 is 15.0 Å². The Kier molecular flexibility index (Phi) is 5.59. The number of nitrogens with zero attached hydrogens (tertiary/aromatic N) is 3. The SMILES string of the molecule is Cc1ccc(NC(=S)N=Nc2c(O)n(Cc3ccccc3)c3ccccc23)cc1C. The van der Waals surface area contributed by atoms with Crippen molar-refractivity contribution in [2.24, 2.45) is 10.2 Å². The van der Waals surface area contributed by atoms with Crippen molar-refractivity contribution in [2.45, 2.75) is 20.4 Å². The molecule has 0 saturated heterocycles. The van der Waals surface area contributed by atoms with Crippen LogP contribution in [0.1, 0.15) is 16.7 Å². The van der Waals surface area contributed by atoms with E-state index in [1.165, 1.54) is 11.1 Å². The van der Waals surface area contributed by atoms with Crippen molar-refractivity contribution in [3.05, 3.63) is 89.5 Å². The summed E-state index contributed by atoms with van der Waals surface area (Å²) in [4.78, 5) is 0. The molecule has 0 radical (unpaired) electrons. The zero-order chi connectivity index (χ0) is 21.1. The number of benzene rings is 3. The van der Waals surface area contributed by atoms with Gasteiger partial charge in [0.05, 0.1) is 12.1 Å². The molecule has 150 valence electrons. The minimum absolute atomic E-state index is 0.0674. The summed E-state index contributed by atoms with van der Waals surface area (Å²) in [7, 11) is 0. The fourth-order valence-corrected chi connectivity index (χ4v) is 3.52. The number of anilines is 1. The molecule has 5 nitrogen and oxygen atoms in total.